The molecule has 5 nitrogen and oxygen atoms in total. The highest BCUT2D eigenvalue weighted by Crippen LogP contribution is 2.16. The second-order valence-electron chi connectivity index (χ2n) is 3.19. The smallest absolute Gasteiger partial charge is 0.235 e. The summed E-state index contributed by atoms with van der Waals surface area (Å²) in [7, 11) is -2.13. The van der Waals surface area contributed by atoms with Crippen LogP contribution < -0.4 is 10.5 Å². The van der Waals surface area contributed by atoms with Crippen molar-refractivity contribution in [3.63, 3.8) is 0 Å². The van der Waals surface area contributed by atoms with E-state index in [-0.39, 0.29) is 23.7 Å². The third kappa shape index (κ3) is 4.03. The predicted octanol–water partition coefficient (Wildman–Crippen LogP) is 0.796. The zero-order valence-corrected chi connectivity index (χ0v) is 9.55. The second kappa shape index (κ2) is 5.13. The fourth-order valence-electron chi connectivity index (χ4n) is 1.09. The van der Waals surface area contributed by atoms with Crippen molar-refractivity contribution in [1.29, 1.82) is 0 Å². The van der Waals surface area contributed by atoms with E-state index in [1.54, 1.807) is 0 Å². The Labute approximate surface area is 93.5 Å². The number of anilines is 2. The lowest BCUT2D eigenvalue weighted by molar-refractivity contribution is 0.217. The van der Waals surface area contributed by atoms with Crippen molar-refractivity contribution in [2.75, 3.05) is 29.9 Å². The first-order valence-corrected chi connectivity index (χ1v) is 6.14. The van der Waals surface area contributed by atoms with E-state index in [0.717, 1.165) is 12.1 Å². The molecule has 1 rings (SSSR count). The van der Waals surface area contributed by atoms with Crippen LogP contribution in [0, 0.1) is 5.82 Å². The summed E-state index contributed by atoms with van der Waals surface area (Å²) in [5.74, 6) is -0.788. The number of nitrogen functional groups attached to an aromatic ring is 1. The molecule has 0 fully saturated rings. The number of halogens is 1. The molecule has 3 N–H and O–H groups in total. The van der Waals surface area contributed by atoms with Gasteiger partial charge in [-0.15, -0.1) is 0 Å². The summed E-state index contributed by atoms with van der Waals surface area (Å²) in [5.41, 5.74) is 5.64. The van der Waals surface area contributed by atoms with Gasteiger partial charge in [-0.05, 0) is 18.2 Å². The number of nitrogens with one attached hydrogen (secondary N) is 1. The molecule has 1 aromatic rings. The average Bonchev–Trinajstić information content (AvgIpc) is 2.12. The minimum Gasteiger partial charge on any atom is -0.399 e. The van der Waals surface area contributed by atoms with E-state index in [1.807, 2.05) is 0 Å². The molecule has 0 heterocycles. The van der Waals surface area contributed by atoms with Gasteiger partial charge in [0.2, 0.25) is 10.0 Å². The van der Waals surface area contributed by atoms with E-state index in [9.17, 15) is 12.8 Å². The SMILES string of the molecule is COCCS(=O)(=O)Nc1cc(N)cc(F)c1. The molecule has 0 spiro atoms. The summed E-state index contributed by atoms with van der Waals surface area (Å²) >= 11 is 0. The zero-order chi connectivity index (χ0) is 12.2. The Morgan fingerprint density at radius 3 is 2.69 bits per heavy atom. The predicted molar refractivity (Wildman–Crippen MR) is 60.1 cm³/mol. The van der Waals surface area contributed by atoms with Gasteiger partial charge >= 0.3 is 0 Å². The van der Waals surface area contributed by atoms with E-state index in [4.69, 9.17) is 5.73 Å². The van der Waals surface area contributed by atoms with Crippen molar-refractivity contribution in [1.82, 2.24) is 0 Å². The number of benzene rings is 1. The van der Waals surface area contributed by atoms with Crippen molar-refractivity contribution in [3.8, 4) is 0 Å². The number of rotatable bonds is 5. The molecule has 0 atom stereocenters. The maximum atomic E-state index is 12.9. The maximum absolute atomic E-state index is 12.9. The topological polar surface area (TPSA) is 81.4 Å². The second-order valence-corrected chi connectivity index (χ2v) is 5.03. The molecular formula is C9H13FN2O3S. The van der Waals surface area contributed by atoms with Crippen LogP contribution in [-0.4, -0.2) is 27.9 Å². The largest absolute Gasteiger partial charge is 0.399 e. The summed E-state index contributed by atoms with van der Waals surface area (Å²) in [4.78, 5) is 0. The number of methoxy groups -OCH3 is 1. The van der Waals surface area contributed by atoms with Gasteiger partial charge < -0.3 is 10.5 Å². The van der Waals surface area contributed by atoms with Gasteiger partial charge in [0.15, 0.2) is 0 Å². The van der Waals surface area contributed by atoms with Crippen LogP contribution in [0.1, 0.15) is 0 Å². The Balaban J connectivity index is 2.80. The molecule has 0 radical (unpaired) electrons. The molecular weight excluding hydrogens is 235 g/mol. The van der Waals surface area contributed by atoms with Crippen molar-refractivity contribution in [2.24, 2.45) is 0 Å². The first-order chi connectivity index (χ1) is 7.43. The van der Waals surface area contributed by atoms with Crippen LogP contribution in [0.4, 0.5) is 15.8 Å². The number of hydrogen-bond acceptors (Lipinski definition) is 4. The molecule has 0 aromatic heterocycles. The maximum Gasteiger partial charge on any atom is 0.235 e. The molecule has 90 valence electrons. The normalized spacial score (nSPS) is 11.4. The standard InChI is InChI=1S/C9H13FN2O3S/c1-15-2-3-16(13,14)12-9-5-7(10)4-8(11)6-9/h4-6,12H,2-3,11H2,1H3. The van der Waals surface area contributed by atoms with Crippen LogP contribution in [0.15, 0.2) is 18.2 Å². The van der Waals surface area contributed by atoms with E-state index >= 15 is 0 Å². The highest BCUT2D eigenvalue weighted by Gasteiger charge is 2.10. The lowest BCUT2D eigenvalue weighted by Gasteiger charge is -2.08. The Bertz CT molecular complexity index is 442. The van der Waals surface area contributed by atoms with E-state index in [1.165, 1.54) is 13.2 Å². The zero-order valence-electron chi connectivity index (χ0n) is 8.73. The minimum absolute atomic E-state index is 0.0696. The summed E-state index contributed by atoms with van der Waals surface area (Å²) in [6, 6.07) is 3.50. The Hall–Kier alpha value is -1.34. The van der Waals surface area contributed by atoms with Gasteiger partial charge in [0.05, 0.1) is 18.0 Å². The first-order valence-electron chi connectivity index (χ1n) is 4.48. The van der Waals surface area contributed by atoms with Crippen LogP contribution >= 0.6 is 0 Å². The molecule has 0 bridgehead atoms. The monoisotopic (exact) mass is 248 g/mol. The fourth-order valence-corrected chi connectivity index (χ4v) is 2.06. The minimum atomic E-state index is -3.53. The summed E-state index contributed by atoms with van der Waals surface area (Å²) in [6.45, 7) is 0.0696. The van der Waals surface area contributed by atoms with Gasteiger partial charge in [-0.25, -0.2) is 12.8 Å². The Morgan fingerprint density at radius 2 is 2.12 bits per heavy atom. The van der Waals surface area contributed by atoms with Crippen molar-refractivity contribution >= 4 is 21.4 Å². The van der Waals surface area contributed by atoms with Gasteiger partial charge in [0.1, 0.15) is 5.82 Å². The number of ether oxygens (including phenoxy) is 1. The van der Waals surface area contributed by atoms with E-state index < -0.39 is 15.8 Å². The molecule has 7 heteroatoms. The highest BCUT2D eigenvalue weighted by molar-refractivity contribution is 7.92. The third-order valence-corrected chi connectivity index (χ3v) is 3.00. The summed E-state index contributed by atoms with van der Waals surface area (Å²) < 4.78 is 42.6. The fraction of sp³-hybridized carbons (Fsp3) is 0.333. The highest BCUT2D eigenvalue weighted by atomic mass is 32.2. The molecule has 0 unspecified atom stereocenters. The first kappa shape index (κ1) is 12.7. The summed E-state index contributed by atoms with van der Waals surface area (Å²) in [5, 5.41) is 0. The lowest BCUT2D eigenvalue weighted by atomic mass is 10.3. The van der Waals surface area contributed by atoms with E-state index in [0.29, 0.717) is 0 Å². The van der Waals surface area contributed by atoms with Crippen molar-refractivity contribution < 1.29 is 17.5 Å². The Kier molecular flexibility index (Phi) is 4.08. The van der Waals surface area contributed by atoms with Gasteiger partial charge in [0.25, 0.3) is 0 Å². The van der Waals surface area contributed by atoms with Crippen molar-refractivity contribution in [2.45, 2.75) is 0 Å². The van der Waals surface area contributed by atoms with Gasteiger partial charge in [-0.2, -0.15) is 0 Å². The number of hydrogen-bond donors (Lipinski definition) is 2. The van der Waals surface area contributed by atoms with Crippen LogP contribution in [0.2, 0.25) is 0 Å². The molecule has 0 saturated heterocycles. The molecule has 0 aliphatic rings. The molecule has 16 heavy (non-hydrogen) atoms. The number of nitrogens with two attached hydrogens (primary N) is 1. The van der Waals surface area contributed by atoms with Gasteiger partial charge in [-0.1, -0.05) is 0 Å². The van der Waals surface area contributed by atoms with Crippen LogP contribution in [0.5, 0.6) is 0 Å². The molecule has 0 aliphatic carbocycles. The molecule has 0 aliphatic heterocycles. The molecule has 0 saturated carbocycles. The quantitative estimate of drug-likeness (QED) is 0.755. The molecule has 0 amide bonds. The van der Waals surface area contributed by atoms with Crippen molar-refractivity contribution in [3.05, 3.63) is 24.0 Å². The van der Waals surface area contributed by atoms with Crippen LogP contribution in [0.25, 0.3) is 0 Å². The lowest BCUT2D eigenvalue weighted by Crippen LogP contribution is -2.19. The van der Waals surface area contributed by atoms with Gasteiger partial charge in [-0.3, -0.25) is 4.72 Å². The van der Waals surface area contributed by atoms with Crippen LogP contribution in [-0.2, 0) is 14.8 Å². The molecule has 1 aromatic carbocycles. The van der Waals surface area contributed by atoms with Gasteiger partial charge in [0, 0.05) is 12.8 Å². The average molecular weight is 248 g/mol. The summed E-state index contributed by atoms with van der Waals surface area (Å²) in [6.07, 6.45) is 0. The third-order valence-electron chi connectivity index (χ3n) is 1.75. The van der Waals surface area contributed by atoms with Crippen LogP contribution in [0.3, 0.4) is 0 Å². The Morgan fingerprint density at radius 1 is 1.44 bits per heavy atom. The van der Waals surface area contributed by atoms with E-state index in [2.05, 4.69) is 9.46 Å². The number of sulfonamides is 1.